The van der Waals surface area contributed by atoms with Gasteiger partial charge in [-0.3, -0.25) is 4.79 Å². The van der Waals surface area contributed by atoms with Gasteiger partial charge in [0.1, 0.15) is 17.6 Å². The molecule has 1 aromatic carbocycles. The Kier molecular flexibility index (Phi) is 7.40. The number of carbonyl (C=O) groups excluding carboxylic acids is 1. The Morgan fingerprint density at radius 3 is 2.48 bits per heavy atom. The number of amides is 1. The molecule has 0 spiro atoms. The second-order valence-corrected chi connectivity index (χ2v) is 7.36. The van der Waals surface area contributed by atoms with Gasteiger partial charge in [-0.2, -0.15) is 15.8 Å². The molecule has 0 bridgehead atoms. The number of benzene rings is 1. The van der Waals surface area contributed by atoms with Gasteiger partial charge in [0.25, 0.3) is 0 Å². The van der Waals surface area contributed by atoms with Crippen LogP contribution in [-0.2, 0) is 10.2 Å². The van der Waals surface area contributed by atoms with Crippen molar-refractivity contribution < 1.29 is 4.79 Å². The molecule has 1 saturated heterocycles. The lowest BCUT2D eigenvalue weighted by Crippen LogP contribution is -2.36. The number of nitriles is 3. The fraction of sp³-hybridized carbons (Fsp3) is 0.478. The number of hydrogen-bond acceptors (Lipinski definition) is 5. The van der Waals surface area contributed by atoms with Gasteiger partial charge < -0.3 is 10.2 Å². The molecule has 0 radical (unpaired) electrons. The Labute approximate surface area is 173 Å². The molecule has 29 heavy (non-hydrogen) atoms. The number of allylic oxidation sites excluding steroid dienone is 2. The van der Waals surface area contributed by atoms with Crippen LogP contribution < -0.4 is 10.2 Å². The van der Waals surface area contributed by atoms with Crippen LogP contribution in [0.2, 0.25) is 0 Å². The first-order valence-corrected chi connectivity index (χ1v) is 10.1. The van der Waals surface area contributed by atoms with Crippen molar-refractivity contribution in [2.45, 2.75) is 64.3 Å². The van der Waals surface area contributed by atoms with Gasteiger partial charge in [0.2, 0.25) is 5.91 Å². The third-order valence-corrected chi connectivity index (χ3v) is 5.55. The van der Waals surface area contributed by atoms with Crippen LogP contribution >= 0.6 is 0 Å². The summed E-state index contributed by atoms with van der Waals surface area (Å²) in [5, 5.41) is 31.5. The van der Waals surface area contributed by atoms with Gasteiger partial charge >= 0.3 is 0 Å². The molecular formula is C23H27N5O. The van der Waals surface area contributed by atoms with E-state index in [0.29, 0.717) is 5.56 Å². The highest BCUT2D eigenvalue weighted by Gasteiger charge is 2.48. The number of rotatable bonds is 8. The fourth-order valence-electron chi connectivity index (χ4n) is 4.07. The van der Waals surface area contributed by atoms with E-state index in [1.807, 2.05) is 36.4 Å². The van der Waals surface area contributed by atoms with Crippen molar-refractivity contribution in [2.24, 2.45) is 0 Å². The van der Waals surface area contributed by atoms with E-state index in [1.165, 1.54) is 6.42 Å². The molecule has 1 fully saturated rings. The van der Waals surface area contributed by atoms with Crippen LogP contribution in [0.1, 0.15) is 58.4 Å². The largest absolute Gasteiger partial charge is 0.369 e. The van der Waals surface area contributed by atoms with Crippen molar-refractivity contribution in [1.29, 1.82) is 15.8 Å². The van der Waals surface area contributed by atoms with Gasteiger partial charge in [-0.1, -0.05) is 44.4 Å². The zero-order valence-electron chi connectivity index (χ0n) is 17.3. The predicted molar refractivity (Wildman–Crippen MR) is 111 cm³/mol. The molecule has 0 aromatic heterocycles. The first kappa shape index (κ1) is 22.0. The molecule has 2 atom stereocenters. The van der Waals surface area contributed by atoms with E-state index in [2.05, 4.69) is 37.1 Å². The summed E-state index contributed by atoms with van der Waals surface area (Å²) >= 11 is 0. The number of para-hydroxylation sites is 1. The van der Waals surface area contributed by atoms with Crippen molar-refractivity contribution >= 4 is 11.6 Å². The second-order valence-electron chi connectivity index (χ2n) is 7.36. The third kappa shape index (κ3) is 4.25. The average molecular weight is 390 g/mol. The molecule has 6 heteroatoms. The molecule has 2 rings (SSSR count). The SMILES string of the molecule is CCCCCC(C)N(CC)c1ccccc1C1(C#N)CC(=O)NC1=C(C#N)C#N. The minimum absolute atomic E-state index is 0.0946. The van der Waals surface area contributed by atoms with Crippen LogP contribution in [0.3, 0.4) is 0 Å². The predicted octanol–water partition coefficient (Wildman–Crippen LogP) is 4.06. The Bertz CT molecular complexity index is 898. The molecule has 6 nitrogen and oxygen atoms in total. The van der Waals surface area contributed by atoms with E-state index < -0.39 is 5.41 Å². The molecule has 150 valence electrons. The van der Waals surface area contributed by atoms with Gasteiger partial charge in [0.05, 0.1) is 18.2 Å². The van der Waals surface area contributed by atoms with E-state index in [9.17, 15) is 20.6 Å². The van der Waals surface area contributed by atoms with Crippen molar-refractivity contribution in [1.82, 2.24) is 5.32 Å². The van der Waals surface area contributed by atoms with E-state index in [1.54, 1.807) is 0 Å². The fourth-order valence-corrected chi connectivity index (χ4v) is 4.07. The lowest BCUT2D eigenvalue weighted by Gasteiger charge is -2.35. The molecule has 0 aliphatic carbocycles. The van der Waals surface area contributed by atoms with Gasteiger partial charge in [0.15, 0.2) is 5.57 Å². The van der Waals surface area contributed by atoms with Crippen LogP contribution in [0.5, 0.6) is 0 Å². The standard InChI is InChI=1S/C23H27N5O/c1-4-6-7-10-17(3)28(5-2)20-12-9-8-11-19(20)23(16-26)13-21(29)27-22(23)18(14-24)15-25/h8-9,11-12,17H,4-7,10,13H2,1-3H3,(H,27,29). The van der Waals surface area contributed by atoms with Gasteiger partial charge in [-0.25, -0.2) is 0 Å². The smallest absolute Gasteiger partial charge is 0.226 e. The molecule has 1 amide bonds. The number of nitrogens with zero attached hydrogens (tertiary/aromatic N) is 4. The topological polar surface area (TPSA) is 104 Å². The first-order valence-electron chi connectivity index (χ1n) is 10.1. The summed E-state index contributed by atoms with van der Waals surface area (Å²) in [7, 11) is 0. The van der Waals surface area contributed by atoms with Gasteiger partial charge in [-0.15, -0.1) is 0 Å². The number of hydrogen-bond donors (Lipinski definition) is 1. The van der Waals surface area contributed by atoms with Crippen molar-refractivity contribution in [2.75, 3.05) is 11.4 Å². The number of nitrogens with one attached hydrogen (secondary N) is 1. The maximum Gasteiger partial charge on any atom is 0.226 e. The molecule has 1 aromatic rings. The Balaban J connectivity index is 2.62. The molecule has 0 saturated carbocycles. The number of anilines is 1. The molecule has 2 unspecified atom stereocenters. The van der Waals surface area contributed by atoms with E-state index in [4.69, 9.17) is 0 Å². The van der Waals surface area contributed by atoms with Crippen LogP contribution in [-0.4, -0.2) is 18.5 Å². The first-order chi connectivity index (χ1) is 14.0. The van der Waals surface area contributed by atoms with E-state index in [-0.39, 0.29) is 29.6 Å². The van der Waals surface area contributed by atoms with Crippen molar-refractivity contribution in [3.8, 4) is 18.2 Å². The number of carbonyl (C=O) groups is 1. The van der Waals surface area contributed by atoms with Crippen LogP contribution in [0, 0.1) is 34.0 Å². The Morgan fingerprint density at radius 1 is 1.21 bits per heavy atom. The Hall–Kier alpha value is -3.30. The second kappa shape index (κ2) is 9.76. The van der Waals surface area contributed by atoms with Crippen LogP contribution in [0.4, 0.5) is 5.69 Å². The average Bonchev–Trinajstić information content (AvgIpc) is 3.07. The zero-order valence-corrected chi connectivity index (χ0v) is 17.3. The number of unbranched alkanes of at least 4 members (excludes halogenated alkanes) is 2. The molecule has 1 aliphatic rings. The van der Waals surface area contributed by atoms with E-state index >= 15 is 0 Å². The zero-order chi connectivity index (χ0) is 21.4. The molecule has 1 aliphatic heterocycles. The van der Waals surface area contributed by atoms with Crippen molar-refractivity contribution in [3.05, 3.63) is 41.1 Å². The van der Waals surface area contributed by atoms with Crippen LogP contribution in [0.25, 0.3) is 0 Å². The molecular weight excluding hydrogens is 362 g/mol. The quantitative estimate of drug-likeness (QED) is 0.533. The summed E-state index contributed by atoms with van der Waals surface area (Å²) in [6.45, 7) is 7.15. The van der Waals surface area contributed by atoms with Crippen molar-refractivity contribution in [3.63, 3.8) is 0 Å². The highest BCUT2D eigenvalue weighted by atomic mass is 16.2. The summed E-state index contributed by atoms with van der Waals surface area (Å²) in [5.74, 6) is -0.363. The van der Waals surface area contributed by atoms with E-state index in [0.717, 1.165) is 31.5 Å². The highest BCUT2D eigenvalue weighted by molar-refractivity contribution is 5.88. The summed E-state index contributed by atoms with van der Waals surface area (Å²) in [5.41, 5.74) is 0.0154. The maximum absolute atomic E-state index is 12.3. The minimum Gasteiger partial charge on any atom is -0.369 e. The third-order valence-electron chi connectivity index (χ3n) is 5.55. The van der Waals surface area contributed by atoms with Gasteiger partial charge in [0, 0.05) is 23.8 Å². The molecule has 1 heterocycles. The summed E-state index contributed by atoms with van der Waals surface area (Å²) in [6, 6.07) is 13.7. The molecule has 1 N–H and O–H groups in total. The maximum atomic E-state index is 12.3. The monoisotopic (exact) mass is 389 g/mol. The van der Waals surface area contributed by atoms with Crippen LogP contribution in [0.15, 0.2) is 35.5 Å². The summed E-state index contributed by atoms with van der Waals surface area (Å²) < 4.78 is 0. The van der Waals surface area contributed by atoms with Gasteiger partial charge in [-0.05, 0) is 26.3 Å². The lowest BCUT2D eigenvalue weighted by atomic mass is 9.76. The summed E-state index contributed by atoms with van der Waals surface area (Å²) in [6.07, 6.45) is 4.37. The lowest BCUT2D eigenvalue weighted by molar-refractivity contribution is -0.119. The Morgan fingerprint density at radius 2 is 1.90 bits per heavy atom. The summed E-state index contributed by atoms with van der Waals surface area (Å²) in [4.78, 5) is 14.5. The normalized spacial score (nSPS) is 18.9. The highest BCUT2D eigenvalue weighted by Crippen LogP contribution is 2.44. The minimum atomic E-state index is -1.37.